The van der Waals surface area contributed by atoms with Crippen molar-refractivity contribution in [2.75, 3.05) is 0 Å². The van der Waals surface area contributed by atoms with Gasteiger partial charge in [-0.25, -0.2) is 0 Å². The van der Waals surface area contributed by atoms with Crippen LogP contribution >= 0.6 is 0 Å². The van der Waals surface area contributed by atoms with Gasteiger partial charge in [-0.3, -0.25) is 9.48 Å². The highest BCUT2D eigenvalue weighted by Crippen LogP contribution is 2.40. The zero-order valence-electron chi connectivity index (χ0n) is 9.77. The van der Waals surface area contributed by atoms with Crippen molar-refractivity contribution in [3.63, 3.8) is 0 Å². The second-order valence-corrected chi connectivity index (χ2v) is 5.00. The molecule has 0 radical (unpaired) electrons. The van der Waals surface area contributed by atoms with Crippen LogP contribution in [0.4, 0.5) is 0 Å². The summed E-state index contributed by atoms with van der Waals surface area (Å²) in [4.78, 5) is 11.8. The Bertz CT molecular complexity index is 411. The molecule has 0 saturated heterocycles. The number of aliphatic hydroxyl groups excluding tert-OH is 1. The van der Waals surface area contributed by atoms with Gasteiger partial charge in [-0.15, -0.1) is 0 Å². The van der Waals surface area contributed by atoms with Crippen molar-refractivity contribution in [2.24, 2.45) is 12.5 Å². The van der Waals surface area contributed by atoms with E-state index in [1.165, 1.54) is 6.20 Å². The van der Waals surface area contributed by atoms with E-state index in [0.717, 1.165) is 0 Å². The highest BCUT2D eigenvalue weighted by atomic mass is 16.3. The summed E-state index contributed by atoms with van der Waals surface area (Å²) in [6, 6.07) is 0.0372. The number of aryl methyl sites for hydroxylation is 1. The lowest BCUT2D eigenvalue weighted by atomic mass is 9.64. The van der Waals surface area contributed by atoms with E-state index in [0.29, 0.717) is 12.0 Å². The number of hydrogen-bond donors (Lipinski definition) is 2. The van der Waals surface area contributed by atoms with Gasteiger partial charge in [-0.2, -0.15) is 5.10 Å². The Kier molecular flexibility index (Phi) is 2.50. The van der Waals surface area contributed by atoms with E-state index in [2.05, 4.69) is 10.4 Å². The molecule has 1 aromatic heterocycles. The Hall–Kier alpha value is -1.36. The third kappa shape index (κ3) is 1.71. The molecule has 16 heavy (non-hydrogen) atoms. The van der Waals surface area contributed by atoms with Crippen LogP contribution in [0.2, 0.25) is 0 Å². The first-order valence-electron chi connectivity index (χ1n) is 5.39. The molecule has 1 saturated carbocycles. The Morgan fingerprint density at radius 1 is 1.69 bits per heavy atom. The molecular weight excluding hydrogens is 206 g/mol. The Morgan fingerprint density at radius 2 is 2.38 bits per heavy atom. The van der Waals surface area contributed by atoms with E-state index in [-0.39, 0.29) is 23.5 Å². The number of amides is 1. The maximum atomic E-state index is 11.8. The van der Waals surface area contributed by atoms with Gasteiger partial charge in [0.25, 0.3) is 5.91 Å². The van der Waals surface area contributed by atoms with Crippen LogP contribution in [-0.2, 0) is 7.05 Å². The quantitative estimate of drug-likeness (QED) is 0.758. The van der Waals surface area contributed by atoms with Crippen molar-refractivity contribution in [1.82, 2.24) is 15.1 Å². The van der Waals surface area contributed by atoms with E-state index in [1.807, 2.05) is 13.8 Å². The molecule has 2 rings (SSSR count). The van der Waals surface area contributed by atoms with Gasteiger partial charge in [0.2, 0.25) is 0 Å². The lowest BCUT2D eigenvalue weighted by molar-refractivity contribution is -0.0689. The fraction of sp³-hybridized carbons (Fsp3) is 0.636. The van der Waals surface area contributed by atoms with Crippen LogP contribution in [0.5, 0.6) is 0 Å². The Morgan fingerprint density at radius 3 is 2.81 bits per heavy atom. The number of carbonyl (C=O) groups excluding carboxylic acids is 1. The van der Waals surface area contributed by atoms with Crippen molar-refractivity contribution < 1.29 is 9.90 Å². The monoisotopic (exact) mass is 223 g/mol. The summed E-state index contributed by atoms with van der Waals surface area (Å²) in [5, 5.41) is 16.4. The van der Waals surface area contributed by atoms with Crippen LogP contribution in [0.1, 0.15) is 30.6 Å². The van der Waals surface area contributed by atoms with Crippen molar-refractivity contribution in [3.8, 4) is 0 Å². The molecule has 0 aromatic carbocycles. The number of rotatable bonds is 2. The minimum Gasteiger partial charge on any atom is -0.392 e. The fourth-order valence-corrected chi connectivity index (χ4v) is 1.93. The lowest BCUT2D eigenvalue weighted by Gasteiger charge is -2.49. The second-order valence-electron chi connectivity index (χ2n) is 5.00. The average Bonchev–Trinajstić information content (AvgIpc) is 2.64. The molecule has 2 atom stereocenters. The fourth-order valence-electron chi connectivity index (χ4n) is 1.93. The van der Waals surface area contributed by atoms with Gasteiger partial charge in [0.15, 0.2) is 0 Å². The van der Waals surface area contributed by atoms with E-state index in [9.17, 15) is 9.90 Å². The smallest absolute Gasteiger partial charge is 0.254 e. The summed E-state index contributed by atoms with van der Waals surface area (Å²) in [5.74, 6) is -0.127. The van der Waals surface area contributed by atoms with Crippen LogP contribution < -0.4 is 5.32 Å². The molecule has 88 valence electrons. The summed E-state index contributed by atoms with van der Waals surface area (Å²) in [7, 11) is 1.77. The minimum absolute atomic E-state index is 0.0372. The molecule has 5 nitrogen and oxygen atoms in total. The standard InChI is InChI=1S/C11H17N3O2/c1-11(2)8(4-9(11)15)13-10(16)7-5-12-14(3)6-7/h5-6,8-9,15H,4H2,1-3H3,(H,13,16). The summed E-state index contributed by atoms with van der Waals surface area (Å²) < 4.78 is 1.59. The molecule has 2 N–H and O–H groups in total. The molecule has 0 spiro atoms. The van der Waals surface area contributed by atoms with E-state index in [1.54, 1.807) is 17.9 Å². The van der Waals surface area contributed by atoms with Crippen molar-refractivity contribution in [2.45, 2.75) is 32.4 Å². The van der Waals surface area contributed by atoms with Crippen LogP contribution in [0.25, 0.3) is 0 Å². The summed E-state index contributed by atoms with van der Waals surface area (Å²) >= 11 is 0. The second kappa shape index (κ2) is 3.59. The molecule has 1 aliphatic rings. The van der Waals surface area contributed by atoms with E-state index in [4.69, 9.17) is 0 Å². The third-order valence-electron chi connectivity index (χ3n) is 3.49. The Balaban J connectivity index is 1.99. The molecule has 2 unspecified atom stereocenters. The maximum Gasteiger partial charge on any atom is 0.254 e. The molecule has 1 fully saturated rings. The molecule has 5 heteroatoms. The zero-order valence-corrected chi connectivity index (χ0v) is 9.77. The summed E-state index contributed by atoms with van der Waals surface area (Å²) in [6.07, 6.45) is 3.51. The van der Waals surface area contributed by atoms with Gasteiger partial charge in [0.05, 0.1) is 17.9 Å². The number of nitrogens with zero attached hydrogens (tertiary/aromatic N) is 2. The SMILES string of the molecule is Cn1cc(C(=O)NC2CC(O)C2(C)C)cn1. The normalized spacial score (nSPS) is 27.2. The minimum atomic E-state index is -0.327. The number of aromatic nitrogens is 2. The van der Waals surface area contributed by atoms with Crippen molar-refractivity contribution in [3.05, 3.63) is 18.0 Å². The molecule has 0 bridgehead atoms. The number of nitrogens with one attached hydrogen (secondary N) is 1. The molecule has 1 heterocycles. The van der Waals surface area contributed by atoms with Gasteiger partial charge >= 0.3 is 0 Å². The van der Waals surface area contributed by atoms with Crippen LogP contribution in [0, 0.1) is 5.41 Å². The maximum absolute atomic E-state index is 11.8. The zero-order chi connectivity index (χ0) is 11.9. The molecule has 1 amide bonds. The topological polar surface area (TPSA) is 67.2 Å². The number of hydrogen-bond acceptors (Lipinski definition) is 3. The summed E-state index contributed by atoms with van der Waals surface area (Å²) in [6.45, 7) is 3.91. The molecular formula is C11H17N3O2. The molecule has 1 aromatic rings. The molecule has 0 aliphatic heterocycles. The van der Waals surface area contributed by atoms with E-state index >= 15 is 0 Å². The predicted molar refractivity (Wildman–Crippen MR) is 58.9 cm³/mol. The van der Waals surface area contributed by atoms with Gasteiger partial charge in [0, 0.05) is 24.7 Å². The van der Waals surface area contributed by atoms with Gasteiger partial charge < -0.3 is 10.4 Å². The molecule has 1 aliphatic carbocycles. The van der Waals surface area contributed by atoms with Crippen LogP contribution in [-0.4, -0.2) is 32.9 Å². The average molecular weight is 223 g/mol. The first-order chi connectivity index (χ1) is 7.41. The first kappa shape index (κ1) is 11.1. The highest BCUT2D eigenvalue weighted by molar-refractivity contribution is 5.94. The van der Waals surface area contributed by atoms with Gasteiger partial charge in [-0.1, -0.05) is 13.8 Å². The largest absolute Gasteiger partial charge is 0.392 e. The van der Waals surface area contributed by atoms with Crippen LogP contribution in [0.15, 0.2) is 12.4 Å². The van der Waals surface area contributed by atoms with Gasteiger partial charge in [0.1, 0.15) is 0 Å². The van der Waals surface area contributed by atoms with Crippen LogP contribution in [0.3, 0.4) is 0 Å². The number of carbonyl (C=O) groups is 1. The van der Waals surface area contributed by atoms with E-state index < -0.39 is 0 Å². The van der Waals surface area contributed by atoms with Gasteiger partial charge in [-0.05, 0) is 6.42 Å². The van der Waals surface area contributed by atoms with Crippen molar-refractivity contribution >= 4 is 5.91 Å². The van der Waals surface area contributed by atoms with Crippen molar-refractivity contribution in [1.29, 1.82) is 0 Å². The predicted octanol–water partition coefficient (Wildman–Crippen LogP) is 0.309. The lowest BCUT2D eigenvalue weighted by Crippen LogP contribution is -2.61. The third-order valence-corrected chi connectivity index (χ3v) is 3.49. The number of aliphatic hydroxyl groups is 1. The Labute approximate surface area is 94.5 Å². The first-order valence-corrected chi connectivity index (χ1v) is 5.39. The highest BCUT2D eigenvalue weighted by Gasteiger charge is 2.47. The summed E-state index contributed by atoms with van der Waals surface area (Å²) in [5.41, 5.74) is 0.317.